The fraction of sp³-hybridized carbons (Fsp3) is 0.385. The van der Waals surface area contributed by atoms with Gasteiger partial charge >= 0.3 is 0 Å². The molecule has 0 radical (unpaired) electrons. The van der Waals surface area contributed by atoms with E-state index in [1.807, 2.05) is 0 Å². The minimum absolute atomic E-state index is 0.197. The van der Waals surface area contributed by atoms with Crippen LogP contribution in [0.25, 0.3) is 0 Å². The van der Waals surface area contributed by atoms with Crippen molar-refractivity contribution in [3.05, 3.63) is 33.8 Å². The Morgan fingerprint density at radius 3 is 2.53 bits per heavy atom. The van der Waals surface area contributed by atoms with Crippen LogP contribution in [0.5, 0.6) is 0 Å². The summed E-state index contributed by atoms with van der Waals surface area (Å²) in [4.78, 5) is 16.3. The largest absolute Gasteiger partial charge is 0.340 e. The van der Waals surface area contributed by atoms with Crippen molar-refractivity contribution in [3.63, 3.8) is 0 Å². The minimum atomic E-state index is -0.591. The van der Waals surface area contributed by atoms with Crippen LogP contribution in [0.4, 0.5) is 0 Å². The number of hydrogen-bond donors (Lipinski definition) is 2. The van der Waals surface area contributed by atoms with Crippen LogP contribution in [0.15, 0.2) is 23.2 Å². The van der Waals surface area contributed by atoms with E-state index < -0.39 is 6.04 Å². The van der Waals surface area contributed by atoms with Gasteiger partial charge in [0, 0.05) is 22.2 Å². The highest BCUT2D eigenvalue weighted by Crippen LogP contribution is 2.31. The lowest BCUT2D eigenvalue weighted by Gasteiger charge is -2.12. The van der Waals surface area contributed by atoms with Gasteiger partial charge in [0.1, 0.15) is 6.04 Å². The van der Waals surface area contributed by atoms with Crippen LogP contribution in [-0.2, 0) is 4.79 Å². The quantitative estimate of drug-likeness (QED) is 0.902. The van der Waals surface area contributed by atoms with Gasteiger partial charge in [-0.05, 0) is 18.1 Å². The predicted octanol–water partition coefficient (Wildman–Crippen LogP) is 2.77. The van der Waals surface area contributed by atoms with Gasteiger partial charge in [0.25, 0.3) is 5.91 Å². The summed E-state index contributed by atoms with van der Waals surface area (Å²) in [5.74, 6) is 0.700. The number of carbonyl (C=O) groups is 1. The van der Waals surface area contributed by atoms with Gasteiger partial charge in [-0.3, -0.25) is 15.1 Å². The van der Waals surface area contributed by atoms with Gasteiger partial charge in [-0.2, -0.15) is 0 Å². The van der Waals surface area contributed by atoms with E-state index in [1.165, 1.54) is 0 Å². The van der Waals surface area contributed by atoms with Crippen LogP contribution in [-0.4, -0.2) is 18.4 Å². The summed E-state index contributed by atoms with van der Waals surface area (Å²) < 4.78 is 0. The van der Waals surface area contributed by atoms with Crippen LogP contribution in [0, 0.1) is 5.92 Å². The Bertz CT molecular complexity index is 508. The van der Waals surface area contributed by atoms with Crippen LogP contribution in [0.1, 0.15) is 25.5 Å². The summed E-state index contributed by atoms with van der Waals surface area (Å²) in [5, 5.41) is 6.64. The minimum Gasteiger partial charge on any atom is -0.340 e. The van der Waals surface area contributed by atoms with Gasteiger partial charge in [0.15, 0.2) is 5.96 Å². The molecule has 0 aromatic heterocycles. The number of rotatable bonds is 3. The van der Waals surface area contributed by atoms with Gasteiger partial charge < -0.3 is 5.32 Å². The first-order valence-corrected chi connectivity index (χ1v) is 6.80. The van der Waals surface area contributed by atoms with Crippen molar-refractivity contribution in [2.75, 3.05) is 6.54 Å². The Balaban J connectivity index is 2.23. The number of guanidine groups is 1. The second-order valence-corrected chi connectivity index (χ2v) is 5.60. The van der Waals surface area contributed by atoms with E-state index in [0.29, 0.717) is 34.0 Å². The van der Waals surface area contributed by atoms with Crippen molar-refractivity contribution in [1.29, 1.82) is 0 Å². The molecule has 102 valence electrons. The third kappa shape index (κ3) is 3.19. The van der Waals surface area contributed by atoms with Gasteiger partial charge in [0.05, 0.1) is 0 Å². The average Bonchev–Trinajstić information content (AvgIpc) is 2.68. The highest BCUT2D eigenvalue weighted by Gasteiger charge is 2.32. The van der Waals surface area contributed by atoms with Crippen molar-refractivity contribution in [1.82, 2.24) is 10.6 Å². The Morgan fingerprint density at radius 1 is 1.32 bits per heavy atom. The molecule has 1 aliphatic rings. The summed E-state index contributed by atoms with van der Waals surface area (Å²) in [7, 11) is 0. The maximum absolute atomic E-state index is 12.0. The van der Waals surface area contributed by atoms with Crippen molar-refractivity contribution >= 4 is 35.1 Å². The van der Waals surface area contributed by atoms with E-state index in [2.05, 4.69) is 29.5 Å². The highest BCUT2D eigenvalue weighted by atomic mass is 35.5. The molecule has 1 aromatic carbocycles. The average molecular weight is 300 g/mol. The lowest BCUT2D eigenvalue weighted by atomic mass is 10.1. The van der Waals surface area contributed by atoms with Gasteiger partial charge in [0.2, 0.25) is 0 Å². The number of aliphatic imine (C=N–C) groups is 1. The first-order chi connectivity index (χ1) is 8.99. The zero-order chi connectivity index (χ0) is 14.0. The van der Waals surface area contributed by atoms with E-state index in [4.69, 9.17) is 23.2 Å². The molecule has 19 heavy (non-hydrogen) atoms. The predicted molar refractivity (Wildman–Crippen MR) is 77.6 cm³/mol. The fourth-order valence-corrected chi connectivity index (χ4v) is 2.39. The number of nitrogens with one attached hydrogen (secondary N) is 2. The monoisotopic (exact) mass is 299 g/mol. The molecule has 1 amide bonds. The van der Waals surface area contributed by atoms with E-state index in [9.17, 15) is 4.79 Å². The second kappa shape index (κ2) is 5.80. The normalized spacial score (nSPS) is 20.8. The van der Waals surface area contributed by atoms with Crippen molar-refractivity contribution < 1.29 is 4.79 Å². The summed E-state index contributed by atoms with van der Waals surface area (Å²) in [6.45, 7) is 4.76. The summed E-state index contributed by atoms with van der Waals surface area (Å²) >= 11 is 12.2. The molecule has 1 unspecified atom stereocenters. The molecule has 0 aliphatic carbocycles. The van der Waals surface area contributed by atoms with Crippen molar-refractivity contribution in [2.45, 2.75) is 19.9 Å². The molecule has 1 aromatic rings. The summed E-state index contributed by atoms with van der Waals surface area (Å²) in [5.41, 5.74) is 0.582. The van der Waals surface area contributed by atoms with Crippen LogP contribution in [0.2, 0.25) is 10.0 Å². The lowest BCUT2D eigenvalue weighted by molar-refractivity contribution is -0.120. The standard InChI is InChI=1S/C13H15Cl2N3O/c1-7(2)6-16-13-17-11(12(19)18-13)10-8(14)4-3-5-9(10)15/h3-5,7,11H,6H2,1-2H3,(H2,16,17,18,19). The topological polar surface area (TPSA) is 53.5 Å². The third-order valence-electron chi connectivity index (χ3n) is 2.69. The van der Waals surface area contributed by atoms with Crippen molar-refractivity contribution in [2.24, 2.45) is 10.9 Å². The summed E-state index contributed by atoms with van der Waals surface area (Å²) in [6, 6.07) is 4.57. The Hall–Kier alpha value is -1.26. The molecule has 0 spiro atoms. The van der Waals surface area contributed by atoms with Gasteiger partial charge in [-0.15, -0.1) is 0 Å². The molecule has 1 aliphatic heterocycles. The van der Waals surface area contributed by atoms with E-state index in [1.54, 1.807) is 18.2 Å². The fourth-order valence-electron chi connectivity index (χ4n) is 1.78. The Morgan fingerprint density at radius 2 is 1.95 bits per heavy atom. The highest BCUT2D eigenvalue weighted by molar-refractivity contribution is 6.36. The molecule has 4 nitrogen and oxygen atoms in total. The summed E-state index contributed by atoms with van der Waals surface area (Å²) in [6.07, 6.45) is 0. The Labute approximate surface area is 122 Å². The molecule has 1 fully saturated rings. The molecule has 1 saturated heterocycles. The third-order valence-corrected chi connectivity index (χ3v) is 3.35. The second-order valence-electron chi connectivity index (χ2n) is 4.79. The van der Waals surface area contributed by atoms with Gasteiger partial charge in [-0.25, -0.2) is 0 Å². The van der Waals surface area contributed by atoms with E-state index in [-0.39, 0.29) is 5.91 Å². The molecule has 1 atom stereocenters. The molecule has 1 heterocycles. The first-order valence-electron chi connectivity index (χ1n) is 6.04. The zero-order valence-electron chi connectivity index (χ0n) is 10.7. The molecule has 0 saturated carbocycles. The maximum atomic E-state index is 12.0. The number of carbonyl (C=O) groups excluding carboxylic acids is 1. The molecule has 2 rings (SSSR count). The molecular weight excluding hydrogens is 285 g/mol. The van der Waals surface area contributed by atoms with Crippen LogP contribution < -0.4 is 10.6 Å². The number of benzene rings is 1. The number of hydrogen-bond acceptors (Lipinski definition) is 2. The van der Waals surface area contributed by atoms with E-state index >= 15 is 0 Å². The molecule has 6 heteroatoms. The van der Waals surface area contributed by atoms with Crippen molar-refractivity contribution in [3.8, 4) is 0 Å². The zero-order valence-corrected chi connectivity index (χ0v) is 12.2. The number of nitrogens with zero attached hydrogens (tertiary/aromatic N) is 1. The smallest absolute Gasteiger partial charge is 0.254 e. The number of halogens is 2. The van der Waals surface area contributed by atoms with Crippen LogP contribution >= 0.6 is 23.2 Å². The van der Waals surface area contributed by atoms with Crippen LogP contribution in [0.3, 0.4) is 0 Å². The van der Waals surface area contributed by atoms with E-state index in [0.717, 1.165) is 0 Å². The molecular formula is C13H15Cl2N3O. The molecule has 2 N–H and O–H groups in total. The molecule has 0 bridgehead atoms. The lowest BCUT2D eigenvalue weighted by Crippen LogP contribution is -2.26. The number of amides is 1. The SMILES string of the molecule is CC(C)CN=C1NC(=O)C(c2c(Cl)cccc2Cl)N1. The first kappa shape index (κ1) is 14.2. The van der Waals surface area contributed by atoms with Gasteiger partial charge in [-0.1, -0.05) is 43.1 Å². The Kier molecular flexibility index (Phi) is 4.32. The maximum Gasteiger partial charge on any atom is 0.254 e.